The fourth-order valence-corrected chi connectivity index (χ4v) is 3.02. The fraction of sp³-hybridized carbons (Fsp3) is 0.462. The van der Waals surface area contributed by atoms with E-state index in [0.29, 0.717) is 17.0 Å². The van der Waals surface area contributed by atoms with Crippen molar-refractivity contribution in [2.45, 2.75) is 31.4 Å². The Balaban J connectivity index is 2.08. The van der Waals surface area contributed by atoms with Gasteiger partial charge in [-0.25, -0.2) is 9.37 Å². The number of methoxy groups -OCH3 is 1. The third-order valence-corrected chi connectivity index (χ3v) is 4.10. The molecule has 1 aliphatic rings. The maximum atomic E-state index is 13.6. The van der Waals surface area contributed by atoms with Gasteiger partial charge >= 0.3 is 0 Å². The van der Waals surface area contributed by atoms with Gasteiger partial charge in [-0.1, -0.05) is 11.6 Å². The standard InChI is InChI=1S/C13H15ClFN3O/c1-19-8-3-2-7(4-8)18-12-6-10(15)9(14)5-11(12)17-13(18)16/h5-8H,2-4H2,1H3,(H2,16,17). The molecule has 0 saturated heterocycles. The van der Waals surface area contributed by atoms with Gasteiger partial charge in [0.05, 0.1) is 22.2 Å². The van der Waals surface area contributed by atoms with Crippen molar-refractivity contribution in [1.82, 2.24) is 9.55 Å². The highest BCUT2D eigenvalue weighted by molar-refractivity contribution is 6.31. The molecule has 19 heavy (non-hydrogen) atoms. The summed E-state index contributed by atoms with van der Waals surface area (Å²) in [7, 11) is 1.71. The quantitative estimate of drug-likeness (QED) is 0.921. The number of ether oxygens (including phenoxy) is 1. The van der Waals surface area contributed by atoms with Gasteiger partial charge in [0.2, 0.25) is 5.95 Å². The second-order valence-electron chi connectivity index (χ2n) is 4.92. The van der Waals surface area contributed by atoms with Crippen molar-refractivity contribution in [3.05, 3.63) is 23.0 Å². The Morgan fingerprint density at radius 2 is 2.26 bits per heavy atom. The Hall–Kier alpha value is -1.33. The molecule has 4 nitrogen and oxygen atoms in total. The van der Waals surface area contributed by atoms with Crippen molar-refractivity contribution in [2.24, 2.45) is 0 Å². The van der Waals surface area contributed by atoms with Crippen LogP contribution in [0.1, 0.15) is 25.3 Å². The van der Waals surface area contributed by atoms with Crippen molar-refractivity contribution in [1.29, 1.82) is 0 Å². The van der Waals surface area contributed by atoms with Gasteiger partial charge in [0.25, 0.3) is 0 Å². The van der Waals surface area contributed by atoms with Crippen LogP contribution in [0.15, 0.2) is 12.1 Å². The molecule has 2 N–H and O–H groups in total. The van der Waals surface area contributed by atoms with Gasteiger partial charge in [-0.3, -0.25) is 0 Å². The van der Waals surface area contributed by atoms with Gasteiger partial charge in [0.15, 0.2) is 0 Å². The average Bonchev–Trinajstić information content (AvgIpc) is 2.94. The van der Waals surface area contributed by atoms with Gasteiger partial charge in [0, 0.05) is 19.2 Å². The third-order valence-electron chi connectivity index (χ3n) is 3.81. The molecule has 1 heterocycles. The van der Waals surface area contributed by atoms with E-state index in [1.807, 2.05) is 4.57 Å². The number of hydrogen-bond acceptors (Lipinski definition) is 3. The second-order valence-corrected chi connectivity index (χ2v) is 5.33. The first-order chi connectivity index (χ1) is 9.10. The summed E-state index contributed by atoms with van der Waals surface area (Å²) in [5, 5.41) is 0.0679. The van der Waals surface area contributed by atoms with Crippen LogP contribution in [0.25, 0.3) is 11.0 Å². The topological polar surface area (TPSA) is 53.1 Å². The largest absolute Gasteiger partial charge is 0.381 e. The Labute approximate surface area is 115 Å². The van der Waals surface area contributed by atoms with Crippen LogP contribution in [0.2, 0.25) is 5.02 Å². The van der Waals surface area contributed by atoms with Gasteiger partial charge in [-0.15, -0.1) is 0 Å². The summed E-state index contributed by atoms with van der Waals surface area (Å²) in [5.74, 6) is -0.0463. The summed E-state index contributed by atoms with van der Waals surface area (Å²) in [6.07, 6.45) is 3.05. The van der Waals surface area contributed by atoms with Crippen molar-refractivity contribution in [3.63, 3.8) is 0 Å². The molecule has 0 spiro atoms. The summed E-state index contributed by atoms with van der Waals surface area (Å²) >= 11 is 5.77. The number of rotatable bonds is 2. The van der Waals surface area contributed by atoms with E-state index in [2.05, 4.69) is 4.98 Å². The molecule has 6 heteroatoms. The molecule has 1 aromatic heterocycles. The Bertz CT molecular complexity index is 628. The van der Waals surface area contributed by atoms with Crippen molar-refractivity contribution in [3.8, 4) is 0 Å². The number of anilines is 1. The molecule has 0 aliphatic heterocycles. The number of benzene rings is 1. The molecule has 102 valence electrons. The smallest absolute Gasteiger partial charge is 0.201 e. The van der Waals surface area contributed by atoms with E-state index in [9.17, 15) is 4.39 Å². The summed E-state index contributed by atoms with van der Waals surface area (Å²) < 4.78 is 20.9. The third kappa shape index (κ3) is 2.07. The zero-order valence-electron chi connectivity index (χ0n) is 10.6. The van der Waals surface area contributed by atoms with E-state index in [1.165, 1.54) is 12.1 Å². The number of halogens is 2. The lowest BCUT2D eigenvalue weighted by molar-refractivity contribution is 0.106. The molecular weight excluding hydrogens is 269 g/mol. The second kappa shape index (κ2) is 4.65. The van der Waals surface area contributed by atoms with Crippen molar-refractivity contribution < 1.29 is 9.13 Å². The number of fused-ring (bicyclic) bond motifs is 1. The minimum Gasteiger partial charge on any atom is -0.381 e. The zero-order chi connectivity index (χ0) is 13.6. The summed E-state index contributed by atoms with van der Waals surface area (Å²) in [6, 6.07) is 3.12. The van der Waals surface area contributed by atoms with E-state index >= 15 is 0 Å². The predicted octanol–water partition coefficient (Wildman–Crippen LogP) is 3.15. The van der Waals surface area contributed by atoms with E-state index < -0.39 is 5.82 Å². The molecular formula is C13H15ClFN3O. The lowest BCUT2D eigenvalue weighted by atomic mass is 10.2. The molecule has 0 radical (unpaired) electrons. The first-order valence-corrected chi connectivity index (χ1v) is 6.63. The lowest BCUT2D eigenvalue weighted by Crippen LogP contribution is -2.11. The number of nitrogens with two attached hydrogens (primary N) is 1. The van der Waals surface area contributed by atoms with Crippen LogP contribution in [-0.2, 0) is 4.74 Å². The first-order valence-electron chi connectivity index (χ1n) is 6.25. The van der Waals surface area contributed by atoms with Crippen LogP contribution < -0.4 is 5.73 Å². The number of imidazole rings is 1. The van der Waals surface area contributed by atoms with Crippen molar-refractivity contribution in [2.75, 3.05) is 12.8 Å². The molecule has 0 amide bonds. The Kier molecular flexibility index (Phi) is 3.11. The molecule has 1 aliphatic carbocycles. The maximum absolute atomic E-state index is 13.6. The zero-order valence-corrected chi connectivity index (χ0v) is 11.3. The molecule has 2 unspecified atom stereocenters. The van der Waals surface area contributed by atoms with Crippen molar-refractivity contribution >= 4 is 28.6 Å². The van der Waals surface area contributed by atoms with Crippen LogP contribution in [-0.4, -0.2) is 22.8 Å². The van der Waals surface area contributed by atoms with E-state index in [0.717, 1.165) is 19.3 Å². The summed E-state index contributed by atoms with van der Waals surface area (Å²) in [4.78, 5) is 4.26. The molecule has 3 rings (SSSR count). The molecule has 2 atom stereocenters. The highest BCUT2D eigenvalue weighted by Crippen LogP contribution is 2.36. The average molecular weight is 284 g/mol. The lowest BCUT2D eigenvalue weighted by Gasteiger charge is -2.15. The van der Waals surface area contributed by atoms with E-state index in [4.69, 9.17) is 22.1 Å². The normalized spacial score (nSPS) is 23.3. The van der Waals surface area contributed by atoms with Crippen LogP contribution in [0, 0.1) is 5.82 Å². The minimum atomic E-state index is -0.448. The Morgan fingerprint density at radius 3 is 2.95 bits per heavy atom. The van der Waals surface area contributed by atoms with Gasteiger partial charge in [-0.05, 0) is 25.3 Å². The highest BCUT2D eigenvalue weighted by atomic mass is 35.5. The minimum absolute atomic E-state index is 0.0679. The fourth-order valence-electron chi connectivity index (χ4n) is 2.86. The predicted molar refractivity (Wildman–Crippen MR) is 72.8 cm³/mol. The maximum Gasteiger partial charge on any atom is 0.201 e. The number of hydrogen-bond donors (Lipinski definition) is 1. The molecule has 1 aromatic carbocycles. The van der Waals surface area contributed by atoms with Gasteiger partial charge < -0.3 is 15.0 Å². The SMILES string of the molecule is COC1CCC(n2c(N)nc3cc(Cl)c(F)cc32)C1. The molecule has 2 aromatic rings. The number of nitrogens with zero attached hydrogens (tertiary/aromatic N) is 2. The summed E-state index contributed by atoms with van der Waals surface area (Å²) in [6.45, 7) is 0. The molecule has 1 saturated carbocycles. The van der Waals surface area contributed by atoms with E-state index in [-0.39, 0.29) is 17.2 Å². The van der Waals surface area contributed by atoms with Gasteiger partial charge in [0.1, 0.15) is 5.82 Å². The van der Waals surface area contributed by atoms with Crippen LogP contribution in [0.5, 0.6) is 0 Å². The molecule has 1 fully saturated rings. The van der Waals surface area contributed by atoms with Gasteiger partial charge in [-0.2, -0.15) is 0 Å². The van der Waals surface area contributed by atoms with Crippen LogP contribution >= 0.6 is 11.6 Å². The number of nitrogen functional groups attached to an aromatic ring is 1. The highest BCUT2D eigenvalue weighted by Gasteiger charge is 2.28. The Morgan fingerprint density at radius 1 is 1.47 bits per heavy atom. The first kappa shape index (κ1) is 12.7. The summed E-state index contributed by atoms with van der Waals surface area (Å²) in [5.41, 5.74) is 7.29. The van der Waals surface area contributed by atoms with Crippen LogP contribution in [0.3, 0.4) is 0 Å². The van der Waals surface area contributed by atoms with Crippen LogP contribution in [0.4, 0.5) is 10.3 Å². The number of aromatic nitrogens is 2. The molecule has 0 bridgehead atoms. The monoisotopic (exact) mass is 283 g/mol. The van der Waals surface area contributed by atoms with E-state index in [1.54, 1.807) is 7.11 Å².